The molecule has 0 saturated heterocycles. The number of ether oxygens (including phenoxy) is 2. The number of aromatic nitrogens is 2. The molecule has 1 aliphatic rings. The number of thiophene rings is 1. The molecule has 6 nitrogen and oxygen atoms in total. The standard InChI is InChI=1S/C21H16N4O2S/c1-2-4-15(5-3-1)16-12-28-21-19(16)20(22-13-23-21)25-24-11-14-6-7-17-18(10-14)27-9-8-26-17/h1-7,10-13H,8-9H2,(H,22,23,25)/b24-11+. The molecule has 0 spiro atoms. The van der Waals surface area contributed by atoms with Crippen molar-refractivity contribution in [2.45, 2.75) is 0 Å². The molecular formula is C21H16N4O2S. The molecule has 0 unspecified atom stereocenters. The zero-order valence-electron chi connectivity index (χ0n) is 14.8. The second-order valence-electron chi connectivity index (χ2n) is 6.19. The van der Waals surface area contributed by atoms with E-state index in [1.54, 1.807) is 23.9 Å². The van der Waals surface area contributed by atoms with Crippen LogP contribution in [0.15, 0.2) is 65.3 Å². The van der Waals surface area contributed by atoms with Crippen molar-refractivity contribution in [1.29, 1.82) is 0 Å². The predicted octanol–water partition coefficient (Wildman–Crippen LogP) is 4.58. The topological polar surface area (TPSA) is 68.6 Å². The fourth-order valence-electron chi connectivity index (χ4n) is 3.10. The summed E-state index contributed by atoms with van der Waals surface area (Å²) in [4.78, 5) is 9.70. The zero-order chi connectivity index (χ0) is 18.8. The van der Waals surface area contributed by atoms with Crippen molar-refractivity contribution in [2.24, 2.45) is 5.10 Å². The Kier molecular flexibility index (Phi) is 4.34. The third kappa shape index (κ3) is 3.16. The van der Waals surface area contributed by atoms with Gasteiger partial charge in [0.1, 0.15) is 24.4 Å². The van der Waals surface area contributed by atoms with Gasteiger partial charge < -0.3 is 9.47 Å². The Labute approximate surface area is 165 Å². The van der Waals surface area contributed by atoms with Gasteiger partial charge in [-0.3, -0.25) is 5.43 Å². The molecule has 0 saturated carbocycles. The molecule has 7 heteroatoms. The Morgan fingerprint density at radius 2 is 1.86 bits per heavy atom. The molecule has 138 valence electrons. The second kappa shape index (κ2) is 7.28. The molecular weight excluding hydrogens is 372 g/mol. The summed E-state index contributed by atoms with van der Waals surface area (Å²) in [5, 5.41) is 7.44. The Bertz CT molecular complexity index is 1160. The Balaban J connectivity index is 1.44. The van der Waals surface area contributed by atoms with Gasteiger partial charge in [0.25, 0.3) is 0 Å². The van der Waals surface area contributed by atoms with E-state index in [-0.39, 0.29) is 0 Å². The lowest BCUT2D eigenvalue weighted by Crippen LogP contribution is -2.15. The number of fused-ring (bicyclic) bond motifs is 2. The molecule has 1 aliphatic heterocycles. The molecule has 0 bridgehead atoms. The van der Waals surface area contributed by atoms with E-state index in [0.29, 0.717) is 19.0 Å². The third-order valence-corrected chi connectivity index (χ3v) is 5.29. The van der Waals surface area contributed by atoms with Crippen LogP contribution < -0.4 is 14.9 Å². The summed E-state index contributed by atoms with van der Waals surface area (Å²) in [6.07, 6.45) is 3.29. The quantitative estimate of drug-likeness (QED) is 0.409. The molecule has 1 N–H and O–H groups in total. The van der Waals surface area contributed by atoms with E-state index in [9.17, 15) is 0 Å². The van der Waals surface area contributed by atoms with Crippen LogP contribution in [0.25, 0.3) is 21.3 Å². The fourth-order valence-corrected chi connectivity index (χ4v) is 4.01. The molecule has 3 heterocycles. The van der Waals surface area contributed by atoms with E-state index >= 15 is 0 Å². The molecule has 2 aromatic carbocycles. The lowest BCUT2D eigenvalue weighted by molar-refractivity contribution is 0.171. The van der Waals surface area contributed by atoms with Crippen LogP contribution in [0.4, 0.5) is 5.82 Å². The summed E-state index contributed by atoms with van der Waals surface area (Å²) >= 11 is 1.59. The summed E-state index contributed by atoms with van der Waals surface area (Å²) in [5.74, 6) is 2.18. The zero-order valence-corrected chi connectivity index (χ0v) is 15.6. The van der Waals surface area contributed by atoms with Crippen LogP contribution in [-0.2, 0) is 0 Å². The number of nitrogens with one attached hydrogen (secondary N) is 1. The second-order valence-corrected chi connectivity index (χ2v) is 7.05. The van der Waals surface area contributed by atoms with Crippen molar-refractivity contribution in [3.63, 3.8) is 0 Å². The smallest absolute Gasteiger partial charge is 0.162 e. The van der Waals surface area contributed by atoms with Crippen LogP contribution in [0.3, 0.4) is 0 Å². The largest absolute Gasteiger partial charge is 0.486 e. The monoisotopic (exact) mass is 388 g/mol. The van der Waals surface area contributed by atoms with Crippen molar-refractivity contribution in [1.82, 2.24) is 9.97 Å². The number of hydrogen-bond acceptors (Lipinski definition) is 7. The number of nitrogens with zero attached hydrogens (tertiary/aromatic N) is 3. The molecule has 4 aromatic rings. The molecule has 28 heavy (non-hydrogen) atoms. The number of anilines is 1. The van der Waals surface area contributed by atoms with E-state index in [4.69, 9.17) is 9.47 Å². The molecule has 0 amide bonds. The first kappa shape index (κ1) is 16.7. The third-order valence-electron chi connectivity index (χ3n) is 4.41. The van der Waals surface area contributed by atoms with Crippen LogP contribution in [0.1, 0.15) is 5.56 Å². The molecule has 5 rings (SSSR count). The molecule has 0 aliphatic carbocycles. The van der Waals surface area contributed by atoms with Gasteiger partial charge in [-0.25, -0.2) is 9.97 Å². The van der Waals surface area contributed by atoms with Crippen LogP contribution in [0.2, 0.25) is 0 Å². The Morgan fingerprint density at radius 1 is 1.00 bits per heavy atom. The highest BCUT2D eigenvalue weighted by molar-refractivity contribution is 7.17. The molecule has 2 aromatic heterocycles. The van der Waals surface area contributed by atoms with E-state index in [1.165, 1.54) is 0 Å². The summed E-state index contributed by atoms with van der Waals surface area (Å²) < 4.78 is 11.2. The maximum atomic E-state index is 5.61. The SMILES string of the molecule is C(=N\Nc1ncnc2scc(-c3ccccc3)c12)/c1ccc2c(c1)OCCO2. The van der Waals surface area contributed by atoms with Crippen LogP contribution in [0.5, 0.6) is 11.5 Å². The highest BCUT2D eigenvalue weighted by Gasteiger charge is 2.13. The number of benzene rings is 2. The van der Waals surface area contributed by atoms with E-state index in [0.717, 1.165) is 38.4 Å². The van der Waals surface area contributed by atoms with Crippen LogP contribution in [0, 0.1) is 0 Å². The van der Waals surface area contributed by atoms with Gasteiger partial charge >= 0.3 is 0 Å². The minimum atomic E-state index is 0.561. The summed E-state index contributed by atoms with van der Waals surface area (Å²) in [6.45, 7) is 1.14. The fraction of sp³-hybridized carbons (Fsp3) is 0.0952. The predicted molar refractivity (Wildman–Crippen MR) is 111 cm³/mol. The van der Waals surface area contributed by atoms with E-state index < -0.39 is 0 Å². The van der Waals surface area contributed by atoms with Gasteiger partial charge in [-0.2, -0.15) is 5.10 Å². The Hall–Kier alpha value is -3.45. The highest BCUT2D eigenvalue weighted by Crippen LogP contribution is 2.36. The van der Waals surface area contributed by atoms with Gasteiger partial charge in [-0.15, -0.1) is 11.3 Å². The van der Waals surface area contributed by atoms with Crippen molar-refractivity contribution in [2.75, 3.05) is 18.6 Å². The van der Waals surface area contributed by atoms with Gasteiger partial charge in [0, 0.05) is 10.9 Å². The lowest BCUT2D eigenvalue weighted by atomic mass is 10.1. The molecule has 0 atom stereocenters. The highest BCUT2D eigenvalue weighted by atomic mass is 32.1. The van der Waals surface area contributed by atoms with Gasteiger partial charge in [-0.05, 0) is 29.3 Å². The first-order chi connectivity index (χ1) is 13.9. The van der Waals surface area contributed by atoms with Crippen molar-refractivity contribution >= 4 is 33.6 Å². The van der Waals surface area contributed by atoms with Crippen molar-refractivity contribution < 1.29 is 9.47 Å². The van der Waals surface area contributed by atoms with Crippen molar-refractivity contribution in [3.05, 3.63) is 65.8 Å². The van der Waals surface area contributed by atoms with Gasteiger partial charge in [0.15, 0.2) is 17.3 Å². The van der Waals surface area contributed by atoms with Crippen LogP contribution in [-0.4, -0.2) is 29.4 Å². The van der Waals surface area contributed by atoms with E-state index in [1.807, 2.05) is 36.4 Å². The summed E-state index contributed by atoms with van der Waals surface area (Å²) in [5.41, 5.74) is 6.20. The number of hydrogen-bond donors (Lipinski definition) is 1. The molecule has 0 radical (unpaired) electrons. The minimum absolute atomic E-state index is 0.561. The maximum absolute atomic E-state index is 5.61. The number of hydrazone groups is 1. The average molecular weight is 388 g/mol. The number of rotatable bonds is 4. The van der Waals surface area contributed by atoms with Gasteiger partial charge in [0.05, 0.1) is 11.6 Å². The lowest BCUT2D eigenvalue weighted by Gasteiger charge is -2.18. The summed E-state index contributed by atoms with van der Waals surface area (Å²) in [6, 6.07) is 16.0. The summed E-state index contributed by atoms with van der Waals surface area (Å²) in [7, 11) is 0. The first-order valence-electron chi connectivity index (χ1n) is 8.85. The Morgan fingerprint density at radius 3 is 2.75 bits per heavy atom. The van der Waals surface area contributed by atoms with Gasteiger partial charge in [0.2, 0.25) is 0 Å². The van der Waals surface area contributed by atoms with Gasteiger partial charge in [-0.1, -0.05) is 30.3 Å². The first-order valence-corrected chi connectivity index (χ1v) is 9.73. The maximum Gasteiger partial charge on any atom is 0.162 e. The van der Waals surface area contributed by atoms with E-state index in [2.05, 4.69) is 38.0 Å². The van der Waals surface area contributed by atoms with Crippen LogP contribution >= 0.6 is 11.3 Å². The molecule has 0 fully saturated rings. The van der Waals surface area contributed by atoms with Crippen molar-refractivity contribution in [3.8, 4) is 22.6 Å². The minimum Gasteiger partial charge on any atom is -0.486 e. The normalized spacial score (nSPS) is 13.1. The average Bonchev–Trinajstić information content (AvgIpc) is 3.19.